The Morgan fingerprint density at radius 1 is 1.68 bits per heavy atom. The quantitative estimate of drug-likeness (QED) is 0.291. The molecule has 0 saturated carbocycles. The first-order valence-electron chi connectivity index (χ1n) is 5.43. The standard InChI is InChI=1S/C10H12N2O5S2/c1-4(13)5-7(14)12-6(9(15)16)10(19-8(5)12)18-3-2-11-17/h2,4-5,8,13,17H,3H2,1H3,(H,15,16)/t4?,5-,8+/m0/s1. The summed E-state index contributed by atoms with van der Waals surface area (Å²) in [6.07, 6.45) is 0.431. The van der Waals surface area contributed by atoms with Crippen molar-refractivity contribution in [3.05, 3.63) is 9.93 Å². The van der Waals surface area contributed by atoms with Crippen LogP contribution in [-0.4, -0.2) is 55.6 Å². The average molecular weight is 304 g/mol. The fourth-order valence-corrected chi connectivity index (χ4v) is 4.71. The number of amides is 1. The molecule has 1 saturated heterocycles. The molecule has 1 fully saturated rings. The van der Waals surface area contributed by atoms with Crippen molar-refractivity contribution >= 4 is 41.6 Å². The number of carboxylic acids is 1. The highest BCUT2D eigenvalue weighted by molar-refractivity contribution is 8.23. The monoisotopic (exact) mass is 304 g/mol. The molecule has 2 rings (SSSR count). The van der Waals surface area contributed by atoms with E-state index in [4.69, 9.17) is 5.21 Å². The number of carbonyl (C=O) groups excluding carboxylic acids is 1. The number of hydrogen-bond donors (Lipinski definition) is 3. The van der Waals surface area contributed by atoms with E-state index in [2.05, 4.69) is 5.16 Å². The van der Waals surface area contributed by atoms with E-state index in [1.807, 2.05) is 0 Å². The molecule has 2 aliphatic heterocycles. The molecular weight excluding hydrogens is 292 g/mol. The zero-order valence-corrected chi connectivity index (χ0v) is 11.5. The fourth-order valence-electron chi connectivity index (χ4n) is 2.00. The number of aliphatic hydroxyl groups excluding tert-OH is 1. The number of β-lactam (4-membered cyclic amide) rings is 1. The van der Waals surface area contributed by atoms with Gasteiger partial charge in [-0.2, -0.15) is 0 Å². The van der Waals surface area contributed by atoms with Gasteiger partial charge in [-0.05, 0) is 6.92 Å². The molecule has 0 aliphatic carbocycles. The molecule has 3 N–H and O–H groups in total. The van der Waals surface area contributed by atoms with Crippen LogP contribution in [0.15, 0.2) is 15.1 Å². The molecule has 2 aliphatic rings. The Kier molecular flexibility index (Phi) is 4.07. The second kappa shape index (κ2) is 5.43. The normalized spacial score (nSPS) is 27.7. The van der Waals surface area contributed by atoms with Gasteiger partial charge in [-0.25, -0.2) is 4.79 Å². The molecule has 0 aromatic heterocycles. The summed E-state index contributed by atoms with van der Waals surface area (Å²) in [6.45, 7) is 1.52. The molecule has 3 atom stereocenters. The Balaban J connectivity index is 2.19. The Morgan fingerprint density at radius 2 is 2.37 bits per heavy atom. The number of aliphatic hydroxyl groups is 1. The van der Waals surface area contributed by atoms with Gasteiger partial charge in [-0.15, -0.1) is 16.9 Å². The third kappa shape index (κ3) is 2.33. The SMILES string of the molecule is CC(O)[C@H]1C(=O)N2C(C(=O)O)=C(SCC=NO)S[C@H]12. The molecule has 7 nitrogen and oxygen atoms in total. The molecule has 104 valence electrons. The summed E-state index contributed by atoms with van der Waals surface area (Å²) in [5.41, 5.74) is -0.0479. The Bertz CT molecular complexity index is 477. The summed E-state index contributed by atoms with van der Waals surface area (Å²) in [6, 6.07) is 0. The highest BCUT2D eigenvalue weighted by atomic mass is 32.2. The first-order valence-corrected chi connectivity index (χ1v) is 7.29. The molecule has 0 spiro atoms. The van der Waals surface area contributed by atoms with Gasteiger partial charge in [0, 0.05) is 5.75 Å². The number of oxime groups is 1. The van der Waals surface area contributed by atoms with Crippen LogP contribution in [0.3, 0.4) is 0 Å². The number of carbonyl (C=O) groups is 2. The molecule has 0 aromatic rings. The first-order chi connectivity index (χ1) is 8.99. The lowest BCUT2D eigenvalue weighted by atomic mass is 9.92. The van der Waals surface area contributed by atoms with Crippen LogP contribution in [-0.2, 0) is 9.59 Å². The molecule has 19 heavy (non-hydrogen) atoms. The predicted molar refractivity (Wildman–Crippen MR) is 70.8 cm³/mol. The number of hydrogen-bond acceptors (Lipinski definition) is 7. The van der Waals surface area contributed by atoms with Gasteiger partial charge < -0.3 is 15.4 Å². The van der Waals surface area contributed by atoms with Gasteiger partial charge in [0.2, 0.25) is 5.91 Å². The second-order valence-electron chi connectivity index (χ2n) is 4.03. The lowest BCUT2D eigenvalue weighted by Crippen LogP contribution is -2.60. The number of fused-ring (bicyclic) bond motifs is 1. The van der Waals surface area contributed by atoms with E-state index in [0.29, 0.717) is 9.99 Å². The van der Waals surface area contributed by atoms with Crippen molar-refractivity contribution in [2.75, 3.05) is 5.75 Å². The Hall–Kier alpha value is -1.19. The van der Waals surface area contributed by atoms with E-state index >= 15 is 0 Å². The maximum Gasteiger partial charge on any atom is 0.354 e. The van der Waals surface area contributed by atoms with E-state index in [0.717, 1.165) is 0 Å². The maximum atomic E-state index is 11.9. The van der Waals surface area contributed by atoms with Crippen LogP contribution in [0.1, 0.15) is 6.92 Å². The first kappa shape index (κ1) is 14.2. The molecule has 2 heterocycles. The second-order valence-corrected chi connectivity index (χ2v) is 6.45. The molecule has 1 amide bonds. The Morgan fingerprint density at radius 3 is 2.89 bits per heavy atom. The van der Waals surface area contributed by atoms with Gasteiger partial charge in [0.1, 0.15) is 5.37 Å². The van der Waals surface area contributed by atoms with Crippen molar-refractivity contribution < 1.29 is 25.0 Å². The third-order valence-corrected chi connectivity index (χ3v) is 5.41. The van der Waals surface area contributed by atoms with Crippen LogP contribution in [0.25, 0.3) is 0 Å². The van der Waals surface area contributed by atoms with Crippen molar-refractivity contribution in [3.63, 3.8) is 0 Å². The maximum absolute atomic E-state index is 11.9. The largest absolute Gasteiger partial charge is 0.477 e. The summed E-state index contributed by atoms with van der Waals surface area (Å²) in [5, 5.41) is 29.5. The summed E-state index contributed by atoms with van der Waals surface area (Å²) >= 11 is 2.44. The fraction of sp³-hybridized carbons (Fsp3) is 0.500. The van der Waals surface area contributed by atoms with Gasteiger partial charge in [0.25, 0.3) is 0 Å². The minimum Gasteiger partial charge on any atom is -0.477 e. The summed E-state index contributed by atoms with van der Waals surface area (Å²) in [4.78, 5) is 24.3. The highest BCUT2D eigenvalue weighted by Crippen LogP contribution is 2.53. The van der Waals surface area contributed by atoms with E-state index in [1.165, 1.54) is 41.6 Å². The summed E-state index contributed by atoms with van der Waals surface area (Å²) in [5.74, 6) is -1.79. The van der Waals surface area contributed by atoms with E-state index < -0.39 is 18.0 Å². The number of carboxylic acid groups (broad SMARTS) is 1. The highest BCUT2D eigenvalue weighted by Gasteiger charge is 2.57. The van der Waals surface area contributed by atoms with Crippen LogP contribution in [0.4, 0.5) is 0 Å². The smallest absolute Gasteiger partial charge is 0.354 e. The number of nitrogens with zero attached hydrogens (tertiary/aromatic N) is 2. The summed E-state index contributed by atoms with van der Waals surface area (Å²) in [7, 11) is 0. The van der Waals surface area contributed by atoms with Crippen LogP contribution >= 0.6 is 23.5 Å². The number of aliphatic carboxylic acids is 1. The van der Waals surface area contributed by atoms with E-state index in [9.17, 15) is 19.8 Å². The third-order valence-electron chi connectivity index (χ3n) is 2.84. The van der Waals surface area contributed by atoms with Gasteiger partial charge in [-0.3, -0.25) is 9.69 Å². The molecule has 9 heteroatoms. The van der Waals surface area contributed by atoms with Crippen molar-refractivity contribution in [3.8, 4) is 0 Å². The summed E-state index contributed by atoms with van der Waals surface area (Å²) < 4.78 is 0.494. The molecule has 0 bridgehead atoms. The van der Waals surface area contributed by atoms with E-state index in [-0.39, 0.29) is 17.0 Å². The van der Waals surface area contributed by atoms with E-state index in [1.54, 1.807) is 0 Å². The van der Waals surface area contributed by atoms with Gasteiger partial charge >= 0.3 is 5.97 Å². The Labute approximate surface area is 117 Å². The van der Waals surface area contributed by atoms with Crippen molar-refractivity contribution in [1.82, 2.24) is 4.90 Å². The van der Waals surface area contributed by atoms with Crippen molar-refractivity contribution in [2.24, 2.45) is 11.1 Å². The average Bonchev–Trinajstić information content (AvgIpc) is 2.64. The van der Waals surface area contributed by atoms with Crippen molar-refractivity contribution in [2.45, 2.75) is 18.4 Å². The molecule has 0 aromatic carbocycles. The predicted octanol–water partition coefficient (Wildman–Crippen LogP) is 0.345. The van der Waals surface area contributed by atoms with Crippen molar-refractivity contribution in [1.29, 1.82) is 0 Å². The number of rotatable bonds is 5. The lowest BCUT2D eigenvalue weighted by Gasteiger charge is -2.43. The molecule has 0 radical (unpaired) electrons. The zero-order chi connectivity index (χ0) is 14.2. The lowest BCUT2D eigenvalue weighted by molar-refractivity contribution is -0.156. The van der Waals surface area contributed by atoms with Gasteiger partial charge in [0.05, 0.1) is 22.5 Å². The van der Waals surface area contributed by atoms with Gasteiger partial charge in [-0.1, -0.05) is 11.8 Å². The minimum absolute atomic E-state index is 0.0479. The zero-order valence-electron chi connectivity index (χ0n) is 9.89. The topological polar surface area (TPSA) is 110 Å². The molecular formula is C10H12N2O5S2. The van der Waals surface area contributed by atoms with Crippen LogP contribution < -0.4 is 0 Å². The van der Waals surface area contributed by atoms with Crippen LogP contribution in [0.5, 0.6) is 0 Å². The van der Waals surface area contributed by atoms with Gasteiger partial charge in [0.15, 0.2) is 5.70 Å². The number of thioether (sulfide) groups is 2. The van der Waals surface area contributed by atoms with Crippen LogP contribution in [0, 0.1) is 5.92 Å². The minimum atomic E-state index is -1.17. The molecule has 1 unspecified atom stereocenters. The van der Waals surface area contributed by atoms with Crippen LogP contribution in [0.2, 0.25) is 0 Å².